The quantitative estimate of drug-likeness (QED) is 0.112. The molecule has 208 valence electrons. The maximum Gasteiger partial charge on any atom is 0.333 e. The van der Waals surface area contributed by atoms with E-state index in [0.29, 0.717) is 12.1 Å². The Kier molecular flexibility index (Phi) is 9.40. The van der Waals surface area contributed by atoms with Crippen LogP contribution in [0.5, 0.6) is 0 Å². The van der Waals surface area contributed by atoms with Crippen LogP contribution in [0.2, 0.25) is 0 Å². The molecular weight excluding hydrogens is 532 g/mol. The first-order chi connectivity index (χ1) is 18.5. The number of hydrogen-bond donors (Lipinski definition) is 7. The lowest BCUT2D eigenvalue weighted by atomic mass is 10.2. The van der Waals surface area contributed by atoms with Gasteiger partial charge in [0.05, 0.1) is 17.1 Å². The van der Waals surface area contributed by atoms with E-state index in [1.54, 1.807) is 24.3 Å². The van der Waals surface area contributed by atoms with Crippen molar-refractivity contribution in [2.45, 2.75) is 29.8 Å². The van der Waals surface area contributed by atoms with Crippen LogP contribution in [0.4, 0.5) is 10.5 Å². The lowest BCUT2D eigenvalue weighted by Crippen LogP contribution is -2.56. The molecule has 39 heavy (non-hydrogen) atoms. The smallest absolute Gasteiger partial charge is 0.333 e. The number of nitrogens with one attached hydrogen (secondary N) is 4. The predicted octanol–water partition coefficient (Wildman–Crippen LogP) is -1.04. The summed E-state index contributed by atoms with van der Waals surface area (Å²) in [7, 11) is -3.98. The molecule has 16 heteroatoms. The number of urea groups is 1. The molecule has 0 unspecified atom stereocenters. The molecule has 0 spiro atoms. The highest BCUT2D eigenvalue weighted by molar-refractivity contribution is 7.89. The van der Waals surface area contributed by atoms with E-state index >= 15 is 0 Å². The van der Waals surface area contributed by atoms with Gasteiger partial charge in [-0.1, -0.05) is 24.3 Å². The fourth-order valence-electron chi connectivity index (χ4n) is 3.78. The van der Waals surface area contributed by atoms with Crippen molar-refractivity contribution in [1.82, 2.24) is 25.8 Å². The van der Waals surface area contributed by atoms with Gasteiger partial charge in [-0.2, -0.15) is 4.31 Å². The van der Waals surface area contributed by atoms with Crippen LogP contribution in [0, 0.1) is 0 Å². The van der Waals surface area contributed by atoms with E-state index in [-0.39, 0.29) is 29.4 Å². The van der Waals surface area contributed by atoms with Gasteiger partial charge >= 0.3 is 12.0 Å². The molecule has 2 aromatic carbocycles. The van der Waals surface area contributed by atoms with Gasteiger partial charge < -0.3 is 27.2 Å². The van der Waals surface area contributed by atoms with Crippen LogP contribution in [0.25, 0.3) is 0 Å². The van der Waals surface area contributed by atoms with Gasteiger partial charge in [0.2, 0.25) is 15.9 Å². The number of aliphatic carboxylic acids is 1. The number of nitrogens with two attached hydrogens (primary N) is 2. The number of rotatable bonds is 9. The largest absolute Gasteiger partial charge is 0.480 e. The van der Waals surface area contributed by atoms with E-state index in [2.05, 4.69) is 26.5 Å². The number of sulfonamides is 1. The van der Waals surface area contributed by atoms with Crippen LogP contribution in [-0.2, 0) is 19.6 Å². The molecule has 1 heterocycles. The number of amides is 4. The molecule has 3 rings (SSSR count). The van der Waals surface area contributed by atoms with Crippen LogP contribution >= 0.6 is 0 Å². The second-order valence-corrected chi connectivity index (χ2v) is 10.3. The fourth-order valence-corrected chi connectivity index (χ4v) is 5.45. The van der Waals surface area contributed by atoms with Crippen molar-refractivity contribution in [3.63, 3.8) is 0 Å². The first kappa shape index (κ1) is 28.9. The van der Waals surface area contributed by atoms with Crippen molar-refractivity contribution in [2.75, 3.05) is 13.1 Å². The van der Waals surface area contributed by atoms with E-state index in [0.717, 1.165) is 4.31 Å². The summed E-state index contributed by atoms with van der Waals surface area (Å²) in [6.45, 7) is -0.455. The van der Waals surface area contributed by atoms with Gasteiger partial charge in [0.15, 0.2) is 5.96 Å². The highest BCUT2D eigenvalue weighted by Gasteiger charge is 2.40. The molecular formula is C23H28N8O7S. The number of benzene rings is 2. The minimum atomic E-state index is -3.98. The van der Waals surface area contributed by atoms with E-state index in [1.165, 1.54) is 30.3 Å². The third-order valence-electron chi connectivity index (χ3n) is 5.59. The molecule has 1 saturated heterocycles. The normalized spacial score (nSPS) is 15.9. The number of aliphatic imine (C=N–C) groups is 1. The Labute approximate surface area is 223 Å². The van der Waals surface area contributed by atoms with Crippen LogP contribution in [-0.4, -0.2) is 72.8 Å². The Hall–Kier alpha value is -4.70. The molecule has 9 N–H and O–H groups in total. The minimum Gasteiger partial charge on any atom is -0.480 e. The highest BCUT2D eigenvalue weighted by Crippen LogP contribution is 2.26. The Bertz CT molecular complexity index is 1360. The van der Waals surface area contributed by atoms with Gasteiger partial charge in [-0.15, -0.1) is 0 Å². The summed E-state index contributed by atoms with van der Waals surface area (Å²) in [6, 6.07) is 9.84. The molecule has 1 fully saturated rings. The molecule has 1 aliphatic heterocycles. The third kappa shape index (κ3) is 7.65. The number of hydrogen-bond acceptors (Lipinski definition) is 7. The van der Waals surface area contributed by atoms with Gasteiger partial charge in [0.1, 0.15) is 12.1 Å². The zero-order chi connectivity index (χ0) is 28.6. The number of carboxylic acids is 1. The van der Waals surface area contributed by atoms with E-state index in [1.807, 2.05) is 0 Å². The summed E-state index contributed by atoms with van der Waals surface area (Å²) < 4.78 is 27.0. The van der Waals surface area contributed by atoms with Crippen LogP contribution in [0.1, 0.15) is 23.2 Å². The van der Waals surface area contributed by atoms with Gasteiger partial charge in [0, 0.05) is 12.1 Å². The Morgan fingerprint density at radius 3 is 2.44 bits per heavy atom. The van der Waals surface area contributed by atoms with Crippen molar-refractivity contribution in [1.29, 1.82) is 0 Å². The molecule has 0 aliphatic carbocycles. The molecule has 0 aromatic heterocycles. The van der Waals surface area contributed by atoms with Gasteiger partial charge in [0.25, 0.3) is 5.91 Å². The third-order valence-corrected chi connectivity index (χ3v) is 7.52. The predicted molar refractivity (Wildman–Crippen MR) is 139 cm³/mol. The summed E-state index contributed by atoms with van der Waals surface area (Å²) in [6.07, 6.45) is 0.617. The zero-order valence-corrected chi connectivity index (χ0v) is 21.3. The summed E-state index contributed by atoms with van der Waals surface area (Å²) in [5, 5.41) is 14.0. The summed E-state index contributed by atoms with van der Waals surface area (Å²) in [5.74, 6) is -3.18. The molecule has 2 aromatic rings. The molecule has 1 aliphatic rings. The standard InChI is InChI=1S/C23H28N8O7S/c24-22(25)27-15-7-4-6-14(12-15)19(32)29-30-23(36)26-13-17(21(34)35)28-20(33)18-10-5-11-31(18)39(37,38)16-8-2-1-3-9-16/h1-4,6-9,12,17-18H,5,10-11,13H2,(H,28,33)(H,29,32)(H,34,35)(H4,24,25,27)(H2,26,30,36)/t17-,18+/m1/s1. The summed E-state index contributed by atoms with van der Waals surface area (Å²) in [5.41, 5.74) is 15.2. The Balaban J connectivity index is 1.55. The molecule has 2 atom stereocenters. The van der Waals surface area contributed by atoms with Gasteiger partial charge in [-0.3, -0.25) is 15.0 Å². The monoisotopic (exact) mass is 560 g/mol. The first-order valence-corrected chi connectivity index (χ1v) is 13.1. The van der Waals surface area contributed by atoms with Crippen molar-refractivity contribution >= 4 is 45.5 Å². The number of nitrogens with zero attached hydrogens (tertiary/aromatic N) is 2. The molecule has 0 saturated carbocycles. The maximum atomic E-state index is 13.0. The molecule has 4 amide bonds. The average molecular weight is 561 g/mol. The number of carboxylic acid groups (broad SMARTS) is 1. The highest BCUT2D eigenvalue weighted by atomic mass is 32.2. The topological polar surface area (TPSA) is 238 Å². The van der Waals surface area contributed by atoms with Gasteiger partial charge in [-0.05, 0) is 43.2 Å². The van der Waals surface area contributed by atoms with Gasteiger partial charge in [-0.25, -0.2) is 28.4 Å². The average Bonchev–Trinajstić information content (AvgIpc) is 3.41. The van der Waals surface area contributed by atoms with E-state index in [4.69, 9.17) is 11.5 Å². The van der Waals surface area contributed by atoms with Crippen LogP contribution in [0.15, 0.2) is 64.5 Å². The second-order valence-electron chi connectivity index (χ2n) is 8.36. The molecule has 15 nitrogen and oxygen atoms in total. The number of hydrazine groups is 1. The van der Waals surface area contributed by atoms with Crippen molar-refractivity contribution in [3.8, 4) is 0 Å². The number of carbonyl (C=O) groups excluding carboxylic acids is 3. The van der Waals surface area contributed by atoms with Crippen molar-refractivity contribution in [2.24, 2.45) is 16.5 Å². The SMILES string of the molecule is NC(N)=Nc1cccc(C(=O)NNC(=O)NC[C@@H](NC(=O)[C@@H]2CCCN2S(=O)(=O)c2ccccc2)C(=O)O)c1. The van der Waals surface area contributed by atoms with Crippen molar-refractivity contribution < 1.29 is 32.7 Å². The molecule has 0 radical (unpaired) electrons. The minimum absolute atomic E-state index is 0.0165. The second kappa shape index (κ2) is 12.7. The molecule has 0 bridgehead atoms. The number of carbonyl (C=O) groups is 4. The first-order valence-electron chi connectivity index (χ1n) is 11.6. The van der Waals surface area contributed by atoms with E-state index in [9.17, 15) is 32.7 Å². The maximum absolute atomic E-state index is 13.0. The lowest BCUT2D eigenvalue weighted by Gasteiger charge is -2.25. The Morgan fingerprint density at radius 2 is 1.77 bits per heavy atom. The van der Waals surface area contributed by atoms with Crippen LogP contribution < -0.4 is 33.0 Å². The summed E-state index contributed by atoms with van der Waals surface area (Å²) in [4.78, 5) is 52.8. The van der Waals surface area contributed by atoms with Crippen LogP contribution in [0.3, 0.4) is 0 Å². The summed E-state index contributed by atoms with van der Waals surface area (Å²) >= 11 is 0. The fraction of sp³-hybridized carbons (Fsp3) is 0.261. The Morgan fingerprint density at radius 1 is 1.05 bits per heavy atom. The lowest BCUT2D eigenvalue weighted by molar-refractivity contribution is -0.142. The number of guanidine groups is 1. The zero-order valence-electron chi connectivity index (χ0n) is 20.5. The van der Waals surface area contributed by atoms with Crippen molar-refractivity contribution in [3.05, 3.63) is 60.2 Å². The van der Waals surface area contributed by atoms with E-state index < -0.39 is 52.5 Å².